The summed E-state index contributed by atoms with van der Waals surface area (Å²) in [7, 11) is 0.833. The Balaban J connectivity index is 0.000000255. The van der Waals surface area contributed by atoms with Crippen molar-refractivity contribution in [3.63, 3.8) is 0 Å². The number of nitrogens with zero attached hydrogens (tertiary/aromatic N) is 1. The van der Waals surface area contributed by atoms with Gasteiger partial charge in [-0.25, -0.2) is 10.3 Å². The highest BCUT2D eigenvalue weighted by molar-refractivity contribution is 7.13. The SMILES string of the molecule is CNC(F)(F)F.Cc1cnc(C=O)s1. The number of alkyl halides is 3. The summed E-state index contributed by atoms with van der Waals surface area (Å²) in [6.07, 6.45) is -1.76. The van der Waals surface area contributed by atoms with Crippen LogP contribution in [0.5, 0.6) is 0 Å². The molecule has 0 aromatic carbocycles. The second-order valence-corrected chi connectivity index (χ2v) is 3.44. The molecule has 0 amide bonds. The van der Waals surface area contributed by atoms with E-state index in [1.807, 2.05) is 6.92 Å². The van der Waals surface area contributed by atoms with Crippen LogP contribution < -0.4 is 5.32 Å². The highest BCUT2D eigenvalue weighted by atomic mass is 32.1. The molecule has 3 nitrogen and oxygen atoms in total. The molecule has 0 bridgehead atoms. The molecule has 0 radical (unpaired) electrons. The Morgan fingerprint density at radius 1 is 1.57 bits per heavy atom. The maximum Gasteiger partial charge on any atom is 0.457 e. The number of hydrogen-bond acceptors (Lipinski definition) is 4. The summed E-state index contributed by atoms with van der Waals surface area (Å²) in [4.78, 5) is 14.8. The molecule has 0 aliphatic heterocycles. The van der Waals surface area contributed by atoms with Crippen molar-refractivity contribution in [1.29, 1.82) is 0 Å². The van der Waals surface area contributed by atoms with Crippen molar-refractivity contribution in [2.45, 2.75) is 13.2 Å². The lowest BCUT2D eigenvalue weighted by Gasteiger charge is -1.98. The van der Waals surface area contributed by atoms with Crippen LogP contribution in [0.2, 0.25) is 0 Å². The molecular formula is C7H9F3N2OS. The van der Waals surface area contributed by atoms with E-state index in [4.69, 9.17) is 0 Å². The summed E-state index contributed by atoms with van der Waals surface area (Å²) in [5, 5.41) is 1.66. The molecule has 1 aromatic heterocycles. The molecule has 0 saturated carbocycles. The quantitative estimate of drug-likeness (QED) is 0.588. The number of nitrogens with one attached hydrogen (secondary N) is 1. The Bertz CT molecular complexity index is 285. The van der Waals surface area contributed by atoms with Gasteiger partial charge in [-0.1, -0.05) is 0 Å². The molecule has 0 aliphatic rings. The number of rotatable bonds is 1. The van der Waals surface area contributed by atoms with Gasteiger partial charge in [-0.15, -0.1) is 11.3 Å². The van der Waals surface area contributed by atoms with Crippen molar-refractivity contribution in [3.05, 3.63) is 16.1 Å². The van der Waals surface area contributed by atoms with E-state index in [0.29, 0.717) is 5.01 Å². The van der Waals surface area contributed by atoms with Crippen LogP contribution >= 0.6 is 11.3 Å². The Hall–Kier alpha value is -0.950. The van der Waals surface area contributed by atoms with Crippen LogP contribution in [0.25, 0.3) is 0 Å². The molecule has 1 heterocycles. The minimum absolute atomic E-state index is 0.558. The molecule has 1 rings (SSSR count). The molecule has 7 heteroatoms. The minimum Gasteiger partial charge on any atom is -0.295 e. The Labute approximate surface area is 83.0 Å². The second-order valence-electron chi connectivity index (χ2n) is 2.17. The number of carbonyl (C=O) groups excluding carboxylic acids is 1. The predicted octanol–water partition coefficient (Wildman–Crippen LogP) is 1.99. The normalized spacial score (nSPS) is 10.4. The lowest BCUT2D eigenvalue weighted by Crippen LogP contribution is -2.26. The highest BCUT2D eigenvalue weighted by Gasteiger charge is 2.22. The molecule has 0 saturated heterocycles. The molecule has 0 spiro atoms. The lowest BCUT2D eigenvalue weighted by atomic mass is 10.6. The van der Waals surface area contributed by atoms with Crippen LogP contribution in [0.1, 0.15) is 14.7 Å². The first kappa shape index (κ1) is 13.1. The van der Waals surface area contributed by atoms with Gasteiger partial charge in [0.1, 0.15) is 0 Å². The van der Waals surface area contributed by atoms with Crippen LogP contribution in [-0.4, -0.2) is 24.6 Å². The van der Waals surface area contributed by atoms with Gasteiger partial charge < -0.3 is 0 Å². The van der Waals surface area contributed by atoms with E-state index in [9.17, 15) is 18.0 Å². The number of carbonyl (C=O) groups is 1. The highest BCUT2D eigenvalue weighted by Crippen LogP contribution is 2.07. The van der Waals surface area contributed by atoms with Crippen LogP contribution in [0.4, 0.5) is 13.2 Å². The number of aromatic nitrogens is 1. The van der Waals surface area contributed by atoms with Crippen LogP contribution in [0.15, 0.2) is 6.20 Å². The standard InChI is InChI=1S/C5H5NOS.C2H4F3N/c1-4-2-6-5(3-7)8-4;1-6-2(3,4)5/h2-3H,1H3;6H,1H3. The molecule has 80 valence electrons. The Morgan fingerprint density at radius 3 is 2.21 bits per heavy atom. The summed E-state index contributed by atoms with van der Waals surface area (Å²) in [5.41, 5.74) is 0. The molecule has 0 unspecified atom stereocenters. The van der Waals surface area contributed by atoms with E-state index in [0.717, 1.165) is 23.5 Å². The monoisotopic (exact) mass is 226 g/mol. The number of hydrogen-bond donors (Lipinski definition) is 1. The average Bonchev–Trinajstić information content (AvgIpc) is 2.51. The van der Waals surface area contributed by atoms with Gasteiger partial charge >= 0.3 is 6.30 Å². The molecule has 14 heavy (non-hydrogen) atoms. The van der Waals surface area contributed by atoms with Crippen molar-refractivity contribution < 1.29 is 18.0 Å². The maximum absolute atomic E-state index is 10.7. The fourth-order valence-corrected chi connectivity index (χ4v) is 1.02. The van der Waals surface area contributed by atoms with Gasteiger partial charge in [-0.2, -0.15) is 13.2 Å². The van der Waals surface area contributed by atoms with Crippen molar-refractivity contribution in [2.75, 3.05) is 7.05 Å². The second kappa shape index (κ2) is 5.71. The van der Waals surface area contributed by atoms with Crippen molar-refractivity contribution in [2.24, 2.45) is 0 Å². The third-order valence-corrected chi connectivity index (χ3v) is 1.86. The van der Waals surface area contributed by atoms with E-state index in [-0.39, 0.29) is 0 Å². The van der Waals surface area contributed by atoms with E-state index < -0.39 is 6.30 Å². The fraction of sp³-hybridized carbons (Fsp3) is 0.429. The lowest BCUT2D eigenvalue weighted by molar-refractivity contribution is -0.151. The van der Waals surface area contributed by atoms with E-state index in [2.05, 4.69) is 4.98 Å². The van der Waals surface area contributed by atoms with Gasteiger partial charge in [0.25, 0.3) is 0 Å². The van der Waals surface area contributed by atoms with E-state index in [1.54, 1.807) is 6.20 Å². The first-order chi connectivity index (χ1) is 6.39. The third-order valence-electron chi connectivity index (χ3n) is 1.02. The predicted molar refractivity (Wildman–Crippen MR) is 47.4 cm³/mol. The first-order valence-corrected chi connectivity index (χ1v) is 4.34. The van der Waals surface area contributed by atoms with Crippen molar-refractivity contribution in [1.82, 2.24) is 10.3 Å². The first-order valence-electron chi connectivity index (χ1n) is 3.52. The van der Waals surface area contributed by atoms with Crippen LogP contribution in [0, 0.1) is 6.92 Å². The molecule has 0 aliphatic carbocycles. The van der Waals surface area contributed by atoms with Gasteiger partial charge in [0.05, 0.1) is 0 Å². The van der Waals surface area contributed by atoms with Crippen molar-refractivity contribution >= 4 is 17.6 Å². The Morgan fingerprint density at radius 2 is 2.07 bits per heavy atom. The zero-order chi connectivity index (χ0) is 11.2. The summed E-state index contributed by atoms with van der Waals surface area (Å²) in [5.74, 6) is 0. The van der Waals surface area contributed by atoms with Crippen LogP contribution in [0.3, 0.4) is 0 Å². The van der Waals surface area contributed by atoms with Gasteiger partial charge in [0, 0.05) is 11.1 Å². The topological polar surface area (TPSA) is 42.0 Å². The molecular weight excluding hydrogens is 217 g/mol. The minimum atomic E-state index is -4.21. The average molecular weight is 226 g/mol. The van der Waals surface area contributed by atoms with E-state index >= 15 is 0 Å². The van der Waals surface area contributed by atoms with Crippen LogP contribution in [-0.2, 0) is 0 Å². The number of aldehydes is 1. The Kier molecular flexibility index (Phi) is 5.32. The summed E-state index contributed by atoms with van der Waals surface area (Å²) >= 11 is 1.41. The van der Waals surface area contributed by atoms with E-state index in [1.165, 1.54) is 11.3 Å². The maximum atomic E-state index is 10.7. The van der Waals surface area contributed by atoms with Gasteiger partial charge in [0.15, 0.2) is 11.3 Å². The zero-order valence-electron chi connectivity index (χ0n) is 7.55. The van der Waals surface area contributed by atoms with Gasteiger partial charge in [0.2, 0.25) is 0 Å². The largest absolute Gasteiger partial charge is 0.457 e. The van der Waals surface area contributed by atoms with Gasteiger partial charge in [-0.05, 0) is 14.0 Å². The molecule has 1 aromatic rings. The summed E-state index contributed by atoms with van der Waals surface area (Å²) in [6, 6.07) is 0. The number of thiazole rings is 1. The van der Waals surface area contributed by atoms with Gasteiger partial charge in [-0.3, -0.25) is 4.79 Å². The van der Waals surface area contributed by atoms with Crippen molar-refractivity contribution in [3.8, 4) is 0 Å². The summed E-state index contributed by atoms with van der Waals surface area (Å²) < 4.78 is 32.0. The zero-order valence-corrected chi connectivity index (χ0v) is 8.37. The summed E-state index contributed by atoms with van der Waals surface area (Å²) in [6.45, 7) is 1.92. The fourth-order valence-electron chi connectivity index (χ4n) is 0.427. The smallest absolute Gasteiger partial charge is 0.295 e. The molecule has 0 fully saturated rings. The number of halogens is 3. The number of aryl methyl sites for hydroxylation is 1. The molecule has 0 atom stereocenters. The third kappa shape index (κ3) is 6.55. The molecule has 1 N–H and O–H groups in total.